The first-order valence-corrected chi connectivity index (χ1v) is 8.72. The Bertz CT molecular complexity index is 438. The lowest BCUT2D eigenvalue weighted by Gasteiger charge is -2.47. The topological polar surface area (TPSA) is 15.3 Å². The van der Waals surface area contributed by atoms with Crippen molar-refractivity contribution in [2.45, 2.75) is 57.5 Å². The van der Waals surface area contributed by atoms with Crippen LogP contribution in [0.4, 0.5) is 0 Å². The second-order valence-corrected chi connectivity index (χ2v) is 7.36. The number of piperazine rings is 1. The second kappa shape index (κ2) is 6.50. The number of benzene rings is 1. The highest BCUT2D eigenvalue weighted by Crippen LogP contribution is 2.30. The van der Waals surface area contributed by atoms with Gasteiger partial charge in [-0.1, -0.05) is 49.6 Å². The van der Waals surface area contributed by atoms with Crippen molar-refractivity contribution in [1.29, 1.82) is 0 Å². The average Bonchev–Trinajstić information content (AvgIpc) is 2.53. The molecule has 2 atom stereocenters. The van der Waals surface area contributed by atoms with Gasteiger partial charge in [-0.05, 0) is 38.2 Å². The maximum Gasteiger partial charge on any atom is 0.0535 e. The molecule has 116 valence electrons. The fourth-order valence-electron chi connectivity index (χ4n) is 4.07. The molecule has 1 N–H and O–H groups in total. The molecule has 1 aromatic carbocycles. The second-order valence-electron chi connectivity index (χ2n) is 7.36. The minimum Gasteiger partial charge on any atom is -0.305 e. The van der Waals surface area contributed by atoms with Crippen molar-refractivity contribution in [2.24, 2.45) is 5.92 Å². The van der Waals surface area contributed by atoms with Crippen LogP contribution in [0.1, 0.15) is 51.5 Å². The van der Waals surface area contributed by atoms with E-state index in [0.717, 1.165) is 19.0 Å². The van der Waals surface area contributed by atoms with Crippen LogP contribution >= 0.6 is 0 Å². The van der Waals surface area contributed by atoms with Crippen LogP contribution in [0.25, 0.3) is 0 Å². The highest BCUT2D eigenvalue weighted by Gasteiger charge is 2.36. The number of nitrogens with one attached hydrogen (secondary N) is 1. The molecule has 2 fully saturated rings. The molecule has 0 amide bonds. The summed E-state index contributed by atoms with van der Waals surface area (Å²) >= 11 is 0. The zero-order valence-corrected chi connectivity index (χ0v) is 13.6. The van der Waals surface area contributed by atoms with Gasteiger partial charge in [-0.3, -0.25) is 4.90 Å². The number of hydrogen-bond acceptors (Lipinski definition) is 2. The molecule has 0 spiro atoms. The summed E-state index contributed by atoms with van der Waals surface area (Å²) in [6, 6.07) is 11.6. The molecule has 0 radical (unpaired) electrons. The number of nitrogens with zero attached hydrogens (tertiary/aromatic N) is 1. The van der Waals surface area contributed by atoms with Crippen LogP contribution in [-0.2, 0) is 5.54 Å². The molecule has 0 aromatic heterocycles. The summed E-state index contributed by atoms with van der Waals surface area (Å²) < 4.78 is 0. The van der Waals surface area contributed by atoms with Crippen molar-refractivity contribution >= 4 is 0 Å². The van der Waals surface area contributed by atoms with Crippen molar-refractivity contribution in [3.05, 3.63) is 35.9 Å². The Morgan fingerprint density at radius 3 is 2.57 bits per heavy atom. The predicted octanol–water partition coefficient (Wildman–Crippen LogP) is 3.78. The van der Waals surface area contributed by atoms with E-state index in [2.05, 4.69) is 54.4 Å². The molecule has 1 saturated carbocycles. The van der Waals surface area contributed by atoms with Gasteiger partial charge in [0.2, 0.25) is 0 Å². The lowest BCUT2D eigenvalue weighted by Crippen LogP contribution is -2.61. The predicted molar refractivity (Wildman–Crippen MR) is 89.4 cm³/mol. The first-order valence-electron chi connectivity index (χ1n) is 8.72. The molecule has 1 saturated heterocycles. The minimum atomic E-state index is 0.0996. The average molecular weight is 286 g/mol. The zero-order valence-electron chi connectivity index (χ0n) is 13.6. The molecule has 1 aliphatic carbocycles. The van der Waals surface area contributed by atoms with Crippen LogP contribution in [0.15, 0.2) is 30.3 Å². The summed E-state index contributed by atoms with van der Waals surface area (Å²) in [6.07, 6.45) is 7.23. The van der Waals surface area contributed by atoms with Crippen LogP contribution in [0.2, 0.25) is 0 Å². The van der Waals surface area contributed by atoms with Gasteiger partial charge in [0.15, 0.2) is 0 Å². The van der Waals surface area contributed by atoms with Crippen LogP contribution in [0, 0.1) is 5.92 Å². The van der Waals surface area contributed by atoms with Crippen LogP contribution in [0.3, 0.4) is 0 Å². The summed E-state index contributed by atoms with van der Waals surface area (Å²) in [5, 5.41) is 3.79. The molecule has 1 heterocycles. The van der Waals surface area contributed by atoms with Crippen molar-refractivity contribution in [2.75, 3.05) is 19.6 Å². The van der Waals surface area contributed by atoms with E-state index in [9.17, 15) is 0 Å². The molecule has 2 aliphatic rings. The van der Waals surface area contributed by atoms with Crippen molar-refractivity contribution in [3.63, 3.8) is 0 Å². The van der Waals surface area contributed by atoms with E-state index in [1.165, 1.54) is 44.2 Å². The van der Waals surface area contributed by atoms with Gasteiger partial charge < -0.3 is 5.32 Å². The Labute approximate surface area is 129 Å². The molecule has 0 bridgehead atoms. The van der Waals surface area contributed by atoms with E-state index in [0.29, 0.717) is 6.04 Å². The summed E-state index contributed by atoms with van der Waals surface area (Å²) in [6.45, 7) is 8.26. The first kappa shape index (κ1) is 15.1. The molecular weight excluding hydrogens is 256 g/mol. The standard InChI is InChI=1S/C19H30N2/c1-16-13-20-19(2,18-11-7-4-8-12-18)15-21(16)14-17-9-5-3-6-10-17/h4,7-8,11-12,16-17,20H,3,5-6,9-10,13-15H2,1-2H3. The minimum absolute atomic E-state index is 0.0996. The quantitative estimate of drug-likeness (QED) is 0.910. The first-order chi connectivity index (χ1) is 10.2. The largest absolute Gasteiger partial charge is 0.305 e. The highest BCUT2D eigenvalue weighted by molar-refractivity contribution is 5.25. The molecule has 2 nitrogen and oxygen atoms in total. The van der Waals surface area contributed by atoms with E-state index in [1.54, 1.807) is 0 Å². The van der Waals surface area contributed by atoms with Crippen molar-refractivity contribution in [3.8, 4) is 0 Å². The molecule has 2 unspecified atom stereocenters. The summed E-state index contributed by atoms with van der Waals surface area (Å²) in [7, 11) is 0. The summed E-state index contributed by atoms with van der Waals surface area (Å²) in [5.74, 6) is 0.930. The van der Waals surface area contributed by atoms with E-state index in [1.807, 2.05) is 0 Å². The van der Waals surface area contributed by atoms with Gasteiger partial charge in [0.1, 0.15) is 0 Å². The van der Waals surface area contributed by atoms with Gasteiger partial charge in [0.05, 0.1) is 5.54 Å². The van der Waals surface area contributed by atoms with Gasteiger partial charge in [-0.2, -0.15) is 0 Å². The maximum absolute atomic E-state index is 3.79. The van der Waals surface area contributed by atoms with Crippen molar-refractivity contribution < 1.29 is 0 Å². The Hall–Kier alpha value is -0.860. The van der Waals surface area contributed by atoms with Gasteiger partial charge in [0.25, 0.3) is 0 Å². The van der Waals surface area contributed by atoms with Crippen molar-refractivity contribution in [1.82, 2.24) is 10.2 Å². The fraction of sp³-hybridized carbons (Fsp3) is 0.684. The normalized spacial score (nSPS) is 32.2. The van der Waals surface area contributed by atoms with Gasteiger partial charge in [-0.15, -0.1) is 0 Å². The van der Waals surface area contributed by atoms with E-state index < -0.39 is 0 Å². The smallest absolute Gasteiger partial charge is 0.0535 e. The highest BCUT2D eigenvalue weighted by atomic mass is 15.2. The molecule has 1 aromatic rings. The SMILES string of the molecule is CC1CNC(C)(c2ccccc2)CN1CC1CCCCC1. The van der Waals surface area contributed by atoms with Crippen LogP contribution in [-0.4, -0.2) is 30.6 Å². The van der Waals surface area contributed by atoms with E-state index in [4.69, 9.17) is 0 Å². The van der Waals surface area contributed by atoms with Gasteiger partial charge >= 0.3 is 0 Å². The van der Waals surface area contributed by atoms with E-state index in [-0.39, 0.29) is 5.54 Å². The Kier molecular flexibility index (Phi) is 4.66. The Morgan fingerprint density at radius 2 is 1.86 bits per heavy atom. The summed E-state index contributed by atoms with van der Waals surface area (Å²) in [5.41, 5.74) is 1.52. The summed E-state index contributed by atoms with van der Waals surface area (Å²) in [4.78, 5) is 2.74. The Balaban J connectivity index is 1.69. The third-order valence-corrected chi connectivity index (χ3v) is 5.56. The maximum atomic E-state index is 3.79. The third-order valence-electron chi connectivity index (χ3n) is 5.56. The van der Waals surface area contributed by atoms with E-state index >= 15 is 0 Å². The third kappa shape index (κ3) is 3.49. The lowest BCUT2D eigenvalue weighted by molar-refractivity contribution is 0.0718. The lowest BCUT2D eigenvalue weighted by atomic mass is 9.85. The number of rotatable bonds is 3. The fourth-order valence-corrected chi connectivity index (χ4v) is 4.07. The Morgan fingerprint density at radius 1 is 1.14 bits per heavy atom. The molecule has 1 aliphatic heterocycles. The molecular formula is C19H30N2. The molecule has 21 heavy (non-hydrogen) atoms. The van der Waals surface area contributed by atoms with Gasteiger partial charge in [0, 0.05) is 25.7 Å². The number of hydrogen-bond donors (Lipinski definition) is 1. The van der Waals surface area contributed by atoms with Crippen LogP contribution < -0.4 is 5.32 Å². The zero-order chi connectivity index (χ0) is 14.7. The monoisotopic (exact) mass is 286 g/mol. The van der Waals surface area contributed by atoms with Gasteiger partial charge in [-0.25, -0.2) is 0 Å². The molecule has 2 heteroatoms. The molecule has 3 rings (SSSR count). The van der Waals surface area contributed by atoms with Crippen LogP contribution in [0.5, 0.6) is 0 Å².